The highest BCUT2D eigenvalue weighted by Crippen LogP contribution is 2.37. The summed E-state index contributed by atoms with van der Waals surface area (Å²) in [5, 5.41) is 12.2. The third-order valence-corrected chi connectivity index (χ3v) is 3.69. The number of halogens is 1. The molecule has 0 aliphatic carbocycles. The van der Waals surface area contributed by atoms with E-state index < -0.39 is 17.8 Å². The predicted octanol–water partition coefficient (Wildman–Crippen LogP) is 1.05. The molecular formula is C12H8FN3O3S. The summed E-state index contributed by atoms with van der Waals surface area (Å²) in [5.74, 6) is -1.19. The van der Waals surface area contributed by atoms with Crippen LogP contribution >= 0.6 is 11.8 Å². The maximum absolute atomic E-state index is 13.9. The van der Waals surface area contributed by atoms with E-state index in [0.717, 1.165) is 17.8 Å². The number of rotatable bonds is 2. The minimum Gasteiger partial charge on any atom is -0.378 e. The van der Waals surface area contributed by atoms with Crippen molar-refractivity contribution in [3.8, 4) is 0 Å². The third kappa shape index (κ3) is 2.19. The van der Waals surface area contributed by atoms with Crippen LogP contribution in [0.25, 0.3) is 0 Å². The van der Waals surface area contributed by atoms with Crippen LogP contribution in [0.5, 0.6) is 0 Å². The average Bonchev–Trinajstić information content (AvgIpc) is 2.66. The molecule has 3 rings (SSSR count). The summed E-state index contributed by atoms with van der Waals surface area (Å²) in [6.07, 6.45) is -0.0361. The molecule has 1 amide bonds. The van der Waals surface area contributed by atoms with E-state index in [-0.39, 0.29) is 21.2 Å². The van der Waals surface area contributed by atoms with Gasteiger partial charge in [0.05, 0.1) is 4.90 Å². The number of carbonyl (C=O) groups is 1. The van der Waals surface area contributed by atoms with E-state index in [1.165, 1.54) is 18.3 Å². The first-order valence-corrected chi connectivity index (χ1v) is 6.42. The fourth-order valence-electron chi connectivity index (χ4n) is 1.83. The van der Waals surface area contributed by atoms with Gasteiger partial charge in [-0.2, -0.15) is 0 Å². The second kappa shape index (κ2) is 4.73. The Morgan fingerprint density at radius 1 is 1.35 bits per heavy atom. The van der Waals surface area contributed by atoms with Crippen LogP contribution in [0.15, 0.2) is 39.2 Å². The van der Waals surface area contributed by atoms with Gasteiger partial charge in [0.1, 0.15) is 5.82 Å². The molecule has 8 heteroatoms. The van der Waals surface area contributed by atoms with Crippen LogP contribution in [0, 0.1) is 5.82 Å². The Hall–Kier alpha value is -2.19. The van der Waals surface area contributed by atoms with Crippen LogP contribution < -0.4 is 10.9 Å². The van der Waals surface area contributed by atoms with Crippen molar-refractivity contribution >= 4 is 23.4 Å². The highest BCUT2D eigenvalue weighted by atomic mass is 32.2. The summed E-state index contributed by atoms with van der Waals surface area (Å²) >= 11 is 0.922. The summed E-state index contributed by atoms with van der Waals surface area (Å²) in [6, 6.07) is 3.75. The van der Waals surface area contributed by atoms with E-state index in [4.69, 9.17) is 0 Å². The van der Waals surface area contributed by atoms with Gasteiger partial charge in [-0.3, -0.25) is 9.59 Å². The number of aliphatic hydroxyl groups excluding tert-OH is 1. The topological polar surface area (TPSA) is 95.1 Å². The molecule has 0 fully saturated rings. The van der Waals surface area contributed by atoms with E-state index in [9.17, 15) is 19.1 Å². The highest BCUT2D eigenvalue weighted by molar-refractivity contribution is 7.99. The van der Waals surface area contributed by atoms with E-state index in [1.807, 2.05) is 0 Å². The number of aromatic nitrogens is 2. The Kier molecular flexibility index (Phi) is 3.03. The van der Waals surface area contributed by atoms with Gasteiger partial charge >= 0.3 is 0 Å². The molecule has 0 saturated carbocycles. The molecule has 1 atom stereocenters. The number of anilines is 1. The summed E-state index contributed by atoms with van der Waals surface area (Å²) in [6.45, 7) is 0. The summed E-state index contributed by atoms with van der Waals surface area (Å²) in [5.41, 5.74) is 0.212. The number of carbonyl (C=O) groups excluding carboxylic acids is 1. The molecule has 102 valence electrons. The van der Waals surface area contributed by atoms with Gasteiger partial charge in [-0.15, -0.1) is 0 Å². The molecule has 2 aromatic rings. The lowest BCUT2D eigenvalue weighted by Gasteiger charge is -2.06. The average molecular weight is 293 g/mol. The fraction of sp³-hybridized carbons (Fsp3) is 0.0833. The second-order valence-electron chi connectivity index (χ2n) is 4.10. The molecule has 0 radical (unpaired) electrons. The number of aliphatic hydroxyl groups is 1. The molecule has 1 aromatic carbocycles. The number of nitrogens with zero attached hydrogens (tertiary/aromatic N) is 1. The standard InChI is InChI=1S/C12H8FN3O3S/c13-6-3-5-7(15-11(19)10(5)18)4-8(6)20-12-14-2-1-9(17)16-12/h1-4,10,18H,(H,15,19)(H,14,16,17). The monoisotopic (exact) mass is 293 g/mol. The number of hydrogen-bond acceptors (Lipinski definition) is 5. The summed E-state index contributed by atoms with van der Waals surface area (Å²) < 4.78 is 13.9. The number of fused-ring (bicyclic) bond motifs is 1. The lowest BCUT2D eigenvalue weighted by molar-refractivity contribution is -0.123. The number of amides is 1. The van der Waals surface area contributed by atoms with Crippen LogP contribution in [0.2, 0.25) is 0 Å². The molecule has 1 unspecified atom stereocenters. The van der Waals surface area contributed by atoms with Crippen LogP contribution in [-0.4, -0.2) is 21.0 Å². The normalized spacial score (nSPS) is 16.9. The van der Waals surface area contributed by atoms with Crippen molar-refractivity contribution in [2.24, 2.45) is 0 Å². The lowest BCUT2D eigenvalue weighted by Crippen LogP contribution is -2.10. The molecule has 20 heavy (non-hydrogen) atoms. The van der Waals surface area contributed by atoms with Crippen LogP contribution in [0.3, 0.4) is 0 Å². The molecule has 1 aliphatic rings. The number of hydrogen-bond donors (Lipinski definition) is 3. The van der Waals surface area contributed by atoms with Crippen LogP contribution in [-0.2, 0) is 4.79 Å². The molecule has 0 saturated heterocycles. The minimum atomic E-state index is -1.35. The number of aromatic amines is 1. The molecule has 0 bridgehead atoms. The zero-order valence-corrected chi connectivity index (χ0v) is 10.7. The first kappa shape index (κ1) is 12.8. The van der Waals surface area contributed by atoms with E-state index in [0.29, 0.717) is 5.69 Å². The number of benzene rings is 1. The Labute approximate surface area is 116 Å². The van der Waals surface area contributed by atoms with Gasteiger partial charge < -0.3 is 15.4 Å². The smallest absolute Gasteiger partial charge is 0.257 e. The first-order valence-electron chi connectivity index (χ1n) is 5.60. The van der Waals surface area contributed by atoms with Crippen molar-refractivity contribution < 1.29 is 14.3 Å². The Morgan fingerprint density at radius 2 is 2.15 bits per heavy atom. The van der Waals surface area contributed by atoms with Gasteiger partial charge in [0.2, 0.25) is 0 Å². The zero-order valence-electron chi connectivity index (χ0n) is 9.88. The van der Waals surface area contributed by atoms with Crippen LogP contribution in [0.1, 0.15) is 11.7 Å². The van der Waals surface area contributed by atoms with Gasteiger partial charge in [-0.25, -0.2) is 9.37 Å². The Bertz CT molecular complexity index is 762. The van der Waals surface area contributed by atoms with Crippen molar-refractivity contribution in [1.82, 2.24) is 9.97 Å². The van der Waals surface area contributed by atoms with E-state index in [2.05, 4.69) is 15.3 Å². The maximum atomic E-state index is 13.9. The second-order valence-corrected chi connectivity index (χ2v) is 5.13. The third-order valence-electron chi connectivity index (χ3n) is 2.76. The molecule has 3 N–H and O–H groups in total. The number of nitrogens with one attached hydrogen (secondary N) is 2. The van der Waals surface area contributed by atoms with Gasteiger partial charge in [0.15, 0.2) is 11.3 Å². The van der Waals surface area contributed by atoms with Gasteiger partial charge in [-0.05, 0) is 23.9 Å². The van der Waals surface area contributed by atoms with Crippen LogP contribution in [0.4, 0.5) is 10.1 Å². The first-order chi connectivity index (χ1) is 9.54. The quantitative estimate of drug-likeness (QED) is 0.719. The SMILES string of the molecule is O=C1Nc2cc(Sc3nccc(=O)[nH]3)c(F)cc2C1O. The van der Waals surface area contributed by atoms with Crippen molar-refractivity contribution in [3.05, 3.63) is 46.1 Å². The predicted molar refractivity (Wildman–Crippen MR) is 69.0 cm³/mol. The summed E-state index contributed by atoms with van der Waals surface area (Å²) in [4.78, 5) is 29.0. The molecule has 6 nitrogen and oxygen atoms in total. The van der Waals surface area contributed by atoms with Crippen molar-refractivity contribution in [2.45, 2.75) is 16.2 Å². The van der Waals surface area contributed by atoms with Gasteiger partial charge in [-0.1, -0.05) is 0 Å². The van der Waals surface area contributed by atoms with Crippen molar-refractivity contribution in [2.75, 3.05) is 5.32 Å². The minimum absolute atomic E-state index is 0.188. The maximum Gasteiger partial charge on any atom is 0.257 e. The van der Waals surface area contributed by atoms with E-state index >= 15 is 0 Å². The molecule has 1 aliphatic heterocycles. The largest absolute Gasteiger partial charge is 0.378 e. The number of H-pyrrole nitrogens is 1. The van der Waals surface area contributed by atoms with E-state index in [1.54, 1.807) is 0 Å². The van der Waals surface area contributed by atoms with Gasteiger partial charge in [0, 0.05) is 23.5 Å². The Morgan fingerprint density at radius 3 is 2.90 bits per heavy atom. The van der Waals surface area contributed by atoms with Crippen molar-refractivity contribution in [1.29, 1.82) is 0 Å². The van der Waals surface area contributed by atoms with Gasteiger partial charge in [0.25, 0.3) is 11.5 Å². The zero-order chi connectivity index (χ0) is 14.3. The molecular weight excluding hydrogens is 285 g/mol. The fourth-order valence-corrected chi connectivity index (χ4v) is 2.64. The Balaban J connectivity index is 1.98. The highest BCUT2D eigenvalue weighted by Gasteiger charge is 2.30. The molecule has 0 spiro atoms. The van der Waals surface area contributed by atoms with Crippen molar-refractivity contribution in [3.63, 3.8) is 0 Å². The lowest BCUT2D eigenvalue weighted by atomic mass is 10.1. The molecule has 2 heterocycles. The summed E-state index contributed by atoms with van der Waals surface area (Å²) in [7, 11) is 0. The molecule has 1 aromatic heterocycles.